The van der Waals surface area contributed by atoms with Crippen LogP contribution in [0.25, 0.3) is 16.9 Å². The van der Waals surface area contributed by atoms with Gasteiger partial charge in [-0.3, -0.25) is 4.57 Å². The molecule has 0 atom stereocenters. The number of imidazole rings is 1. The smallest absolute Gasteiger partial charge is 0.224 e. The fourth-order valence-electron chi connectivity index (χ4n) is 3.40. The third kappa shape index (κ3) is 1.69. The lowest BCUT2D eigenvalue weighted by molar-refractivity contribution is -0.00435. The molecular weight excluding hydrogens is 298 g/mol. The molecule has 110 valence electrons. The van der Waals surface area contributed by atoms with Crippen molar-refractivity contribution in [1.29, 1.82) is 0 Å². The SMILES string of the molecule is Clc1cnc(NC2C3CC2C3)nc1-n1cnc2ccccc21. The number of nitrogens with one attached hydrogen (secondary N) is 1. The minimum atomic E-state index is 0.521. The first-order chi connectivity index (χ1) is 10.8. The van der Waals surface area contributed by atoms with E-state index in [9.17, 15) is 0 Å². The van der Waals surface area contributed by atoms with Crippen molar-refractivity contribution in [3.8, 4) is 5.82 Å². The Labute approximate surface area is 132 Å². The maximum atomic E-state index is 6.31. The molecule has 0 spiro atoms. The van der Waals surface area contributed by atoms with Gasteiger partial charge in [-0.25, -0.2) is 9.97 Å². The zero-order valence-electron chi connectivity index (χ0n) is 11.8. The van der Waals surface area contributed by atoms with E-state index in [2.05, 4.69) is 20.3 Å². The van der Waals surface area contributed by atoms with Gasteiger partial charge < -0.3 is 5.32 Å². The Morgan fingerprint density at radius 3 is 2.73 bits per heavy atom. The summed E-state index contributed by atoms with van der Waals surface area (Å²) in [5, 5.41) is 3.96. The molecule has 5 nitrogen and oxygen atoms in total. The molecule has 0 unspecified atom stereocenters. The van der Waals surface area contributed by atoms with Crippen LogP contribution in [0.1, 0.15) is 12.8 Å². The summed E-state index contributed by atoms with van der Waals surface area (Å²) in [5.41, 5.74) is 1.91. The molecule has 2 heterocycles. The third-order valence-corrected chi connectivity index (χ3v) is 5.20. The van der Waals surface area contributed by atoms with Crippen LogP contribution >= 0.6 is 11.6 Å². The first-order valence-corrected chi connectivity index (χ1v) is 7.89. The molecule has 6 rings (SSSR count). The maximum absolute atomic E-state index is 6.31. The van der Waals surface area contributed by atoms with Crippen molar-refractivity contribution < 1.29 is 0 Å². The summed E-state index contributed by atoms with van der Waals surface area (Å²) in [6.45, 7) is 0. The number of anilines is 1. The number of halogens is 1. The van der Waals surface area contributed by atoms with Gasteiger partial charge in [-0.15, -0.1) is 0 Å². The van der Waals surface area contributed by atoms with Crippen molar-refractivity contribution in [1.82, 2.24) is 19.5 Å². The van der Waals surface area contributed by atoms with Gasteiger partial charge in [0.15, 0.2) is 5.82 Å². The molecule has 3 aromatic rings. The van der Waals surface area contributed by atoms with Crippen LogP contribution in [0.2, 0.25) is 5.02 Å². The highest BCUT2D eigenvalue weighted by Gasteiger charge is 2.52. The first kappa shape index (κ1) is 12.4. The van der Waals surface area contributed by atoms with Crippen LogP contribution in [0.3, 0.4) is 0 Å². The highest BCUT2D eigenvalue weighted by molar-refractivity contribution is 6.32. The maximum Gasteiger partial charge on any atom is 0.224 e. The Morgan fingerprint density at radius 1 is 1.14 bits per heavy atom. The normalized spacial score (nSPS) is 25.6. The topological polar surface area (TPSA) is 55.6 Å². The van der Waals surface area contributed by atoms with E-state index in [0.29, 0.717) is 22.8 Å². The number of aromatic nitrogens is 4. The van der Waals surface area contributed by atoms with Gasteiger partial charge in [-0.1, -0.05) is 23.7 Å². The highest BCUT2D eigenvalue weighted by Crippen LogP contribution is 2.54. The van der Waals surface area contributed by atoms with Crippen LogP contribution in [-0.4, -0.2) is 25.6 Å². The van der Waals surface area contributed by atoms with Gasteiger partial charge in [-0.2, -0.15) is 4.98 Å². The predicted octanol–water partition coefficient (Wildman–Crippen LogP) is 3.29. The van der Waals surface area contributed by atoms with E-state index in [1.165, 1.54) is 12.8 Å². The summed E-state index contributed by atoms with van der Waals surface area (Å²) in [6, 6.07) is 8.48. The van der Waals surface area contributed by atoms with E-state index in [-0.39, 0.29) is 0 Å². The van der Waals surface area contributed by atoms with Crippen molar-refractivity contribution >= 4 is 28.6 Å². The molecule has 22 heavy (non-hydrogen) atoms. The minimum Gasteiger partial charge on any atom is -0.351 e. The van der Waals surface area contributed by atoms with Gasteiger partial charge in [0.2, 0.25) is 5.95 Å². The zero-order chi connectivity index (χ0) is 14.7. The van der Waals surface area contributed by atoms with E-state index in [1.54, 1.807) is 12.5 Å². The molecule has 2 aromatic heterocycles. The third-order valence-electron chi connectivity index (χ3n) is 4.93. The van der Waals surface area contributed by atoms with Crippen LogP contribution in [0.4, 0.5) is 5.95 Å². The lowest BCUT2D eigenvalue weighted by Gasteiger charge is -2.58. The second-order valence-corrected chi connectivity index (χ2v) is 6.54. The molecule has 3 aliphatic carbocycles. The van der Waals surface area contributed by atoms with Crippen LogP contribution in [0.5, 0.6) is 0 Å². The number of hydrogen-bond acceptors (Lipinski definition) is 4. The fraction of sp³-hybridized carbons (Fsp3) is 0.312. The van der Waals surface area contributed by atoms with Crippen molar-refractivity contribution in [2.45, 2.75) is 18.9 Å². The Bertz CT molecular complexity index is 860. The summed E-state index contributed by atoms with van der Waals surface area (Å²) < 4.78 is 1.91. The molecule has 1 N–H and O–H groups in total. The van der Waals surface area contributed by atoms with Crippen LogP contribution < -0.4 is 5.32 Å². The number of fused-ring (bicyclic) bond motifs is 1. The monoisotopic (exact) mass is 311 g/mol. The van der Waals surface area contributed by atoms with E-state index in [4.69, 9.17) is 11.6 Å². The quantitative estimate of drug-likeness (QED) is 0.806. The molecule has 0 radical (unpaired) electrons. The molecule has 2 bridgehead atoms. The Morgan fingerprint density at radius 2 is 1.95 bits per heavy atom. The van der Waals surface area contributed by atoms with Crippen LogP contribution in [0, 0.1) is 11.8 Å². The molecule has 1 aromatic carbocycles. The molecule has 3 fully saturated rings. The summed E-state index contributed by atoms with van der Waals surface area (Å²) in [5.74, 6) is 2.93. The van der Waals surface area contributed by atoms with Crippen LogP contribution in [-0.2, 0) is 0 Å². The number of hydrogen-bond donors (Lipinski definition) is 1. The second kappa shape index (κ2) is 4.43. The van der Waals surface area contributed by atoms with E-state index in [0.717, 1.165) is 22.9 Å². The van der Waals surface area contributed by atoms with Gasteiger partial charge in [0.1, 0.15) is 11.3 Å². The number of rotatable bonds is 3. The van der Waals surface area contributed by atoms with Crippen molar-refractivity contribution in [3.63, 3.8) is 0 Å². The first-order valence-electron chi connectivity index (χ1n) is 7.51. The summed E-state index contributed by atoms with van der Waals surface area (Å²) in [4.78, 5) is 13.3. The Balaban J connectivity index is 1.55. The van der Waals surface area contributed by atoms with Gasteiger partial charge >= 0.3 is 0 Å². The van der Waals surface area contributed by atoms with E-state index < -0.39 is 0 Å². The Hall–Kier alpha value is -2.14. The summed E-state index contributed by atoms with van der Waals surface area (Å²) in [6.07, 6.45) is 6.11. The van der Waals surface area contributed by atoms with Crippen molar-refractivity contribution in [2.75, 3.05) is 5.32 Å². The molecule has 3 aliphatic rings. The van der Waals surface area contributed by atoms with Gasteiger partial charge in [-0.05, 0) is 36.8 Å². The highest BCUT2D eigenvalue weighted by atomic mass is 35.5. The molecular formula is C16H14ClN5. The number of para-hydroxylation sites is 2. The zero-order valence-corrected chi connectivity index (χ0v) is 12.5. The second-order valence-electron chi connectivity index (χ2n) is 6.13. The largest absolute Gasteiger partial charge is 0.351 e. The van der Waals surface area contributed by atoms with Crippen molar-refractivity contribution in [3.05, 3.63) is 41.8 Å². The molecule has 0 saturated heterocycles. The minimum absolute atomic E-state index is 0.521. The molecule has 3 saturated carbocycles. The molecule has 0 amide bonds. The molecule has 0 aliphatic heterocycles. The number of benzene rings is 1. The van der Waals surface area contributed by atoms with E-state index >= 15 is 0 Å². The fourth-order valence-corrected chi connectivity index (χ4v) is 3.58. The lowest BCUT2D eigenvalue weighted by Crippen LogP contribution is -2.59. The average molecular weight is 312 g/mol. The van der Waals surface area contributed by atoms with E-state index in [1.807, 2.05) is 28.8 Å². The number of nitrogens with zero attached hydrogens (tertiary/aromatic N) is 4. The summed E-state index contributed by atoms with van der Waals surface area (Å²) >= 11 is 6.31. The predicted molar refractivity (Wildman–Crippen MR) is 85.3 cm³/mol. The summed E-state index contributed by atoms with van der Waals surface area (Å²) in [7, 11) is 0. The average Bonchev–Trinajstić information content (AvgIpc) is 2.88. The van der Waals surface area contributed by atoms with Crippen molar-refractivity contribution in [2.24, 2.45) is 11.8 Å². The molecule has 6 heteroatoms. The Kier molecular flexibility index (Phi) is 2.50. The standard InChI is InChI=1S/C16H14ClN5/c17-11-7-18-16(20-14-9-5-10(14)6-9)21-15(11)22-8-19-12-3-1-2-4-13(12)22/h1-4,7-10,14H,5-6H2,(H,18,20,21). The van der Waals surface area contributed by atoms with Gasteiger partial charge in [0, 0.05) is 6.04 Å². The lowest BCUT2D eigenvalue weighted by atomic mass is 9.52. The van der Waals surface area contributed by atoms with Crippen LogP contribution in [0.15, 0.2) is 36.8 Å². The van der Waals surface area contributed by atoms with Gasteiger partial charge in [0.25, 0.3) is 0 Å². The van der Waals surface area contributed by atoms with Gasteiger partial charge in [0.05, 0.1) is 17.2 Å².